The van der Waals surface area contributed by atoms with E-state index in [4.69, 9.17) is 16.3 Å². The zero-order valence-corrected chi connectivity index (χ0v) is 15.3. The van der Waals surface area contributed by atoms with E-state index in [1.807, 2.05) is 47.4 Å². The Balaban J connectivity index is 1.30. The van der Waals surface area contributed by atoms with Gasteiger partial charge >= 0.3 is 0 Å². The van der Waals surface area contributed by atoms with Crippen LogP contribution in [0.1, 0.15) is 6.42 Å². The van der Waals surface area contributed by atoms with Crippen molar-refractivity contribution in [2.75, 3.05) is 43.0 Å². The maximum absolute atomic E-state index is 12.7. The quantitative estimate of drug-likeness (QED) is 0.899. The minimum absolute atomic E-state index is 0.0170. The van der Waals surface area contributed by atoms with E-state index >= 15 is 0 Å². The van der Waals surface area contributed by atoms with Crippen molar-refractivity contribution >= 4 is 28.9 Å². The standard InChI is InChI=1S/C20H22ClN3O2/c21-15-4-3-5-17(12-15)23-8-10-24(11-9-23)20(25)13-16-14-26-19-7-2-1-6-18(19)22-16/h1-7,12,16,22H,8-11,13-14H2/t16-/m0/s1. The highest BCUT2D eigenvalue weighted by molar-refractivity contribution is 6.30. The van der Waals surface area contributed by atoms with Crippen LogP contribution in [0.4, 0.5) is 11.4 Å². The van der Waals surface area contributed by atoms with Crippen LogP contribution in [-0.2, 0) is 4.79 Å². The minimum Gasteiger partial charge on any atom is -0.489 e. The van der Waals surface area contributed by atoms with Crippen LogP contribution in [0, 0.1) is 0 Å². The number of amides is 1. The van der Waals surface area contributed by atoms with Gasteiger partial charge in [0.15, 0.2) is 0 Å². The second-order valence-electron chi connectivity index (χ2n) is 6.70. The van der Waals surface area contributed by atoms with E-state index in [0.29, 0.717) is 13.0 Å². The predicted octanol–water partition coefficient (Wildman–Crippen LogP) is 3.25. The number of halogens is 1. The van der Waals surface area contributed by atoms with Gasteiger partial charge in [-0.1, -0.05) is 29.8 Å². The zero-order valence-electron chi connectivity index (χ0n) is 14.5. The molecule has 0 bridgehead atoms. The first kappa shape index (κ1) is 17.0. The van der Waals surface area contributed by atoms with Gasteiger partial charge in [0, 0.05) is 36.9 Å². The smallest absolute Gasteiger partial charge is 0.224 e. The van der Waals surface area contributed by atoms with Gasteiger partial charge in [-0.15, -0.1) is 0 Å². The largest absolute Gasteiger partial charge is 0.489 e. The molecular formula is C20H22ClN3O2. The third kappa shape index (κ3) is 3.73. The molecule has 0 radical (unpaired) electrons. The number of nitrogens with one attached hydrogen (secondary N) is 1. The maximum Gasteiger partial charge on any atom is 0.224 e. The van der Waals surface area contributed by atoms with Crippen LogP contribution in [0.5, 0.6) is 5.75 Å². The average molecular weight is 372 g/mol. The van der Waals surface area contributed by atoms with E-state index in [-0.39, 0.29) is 11.9 Å². The Kier molecular flexibility index (Phi) is 4.89. The molecule has 0 aromatic heterocycles. The summed E-state index contributed by atoms with van der Waals surface area (Å²) in [6.45, 7) is 3.63. The molecule has 2 aliphatic heterocycles. The number of ether oxygens (including phenoxy) is 1. The summed E-state index contributed by atoms with van der Waals surface area (Å²) in [5.41, 5.74) is 2.07. The average Bonchev–Trinajstić information content (AvgIpc) is 2.68. The van der Waals surface area contributed by atoms with Crippen LogP contribution in [0.25, 0.3) is 0 Å². The Morgan fingerprint density at radius 3 is 2.73 bits per heavy atom. The fraction of sp³-hybridized carbons (Fsp3) is 0.350. The first-order valence-electron chi connectivity index (χ1n) is 8.96. The molecule has 0 spiro atoms. The minimum atomic E-state index is 0.0170. The first-order valence-corrected chi connectivity index (χ1v) is 9.33. The summed E-state index contributed by atoms with van der Waals surface area (Å²) in [4.78, 5) is 16.9. The Hall–Kier alpha value is -2.40. The van der Waals surface area contributed by atoms with Crippen LogP contribution < -0.4 is 15.0 Å². The summed E-state index contributed by atoms with van der Waals surface area (Å²) in [6, 6.07) is 15.7. The second-order valence-corrected chi connectivity index (χ2v) is 7.14. The SMILES string of the molecule is O=C(C[C@H]1COc2ccccc2N1)N1CCN(c2cccc(Cl)c2)CC1. The van der Waals surface area contributed by atoms with Crippen LogP contribution >= 0.6 is 11.6 Å². The van der Waals surface area contributed by atoms with Crippen LogP contribution in [-0.4, -0.2) is 49.6 Å². The van der Waals surface area contributed by atoms with Crippen molar-refractivity contribution < 1.29 is 9.53 Å². The Bertz CT molecular complexity index is 790. The molecule has 0 unspecified atom stereocenters. The lowest BCUT2D eigenvalue weighted by atomic mass is 10.1. The molecule has 2 heterocycles. The maximum atomic E-state index is 12.7. The molecule has 5 nitrogen and oxygen atoms in total. The summed E-state index contributed by atoms with van der Waals surface area (Å²) >= 11 is 6.08. The molecule has 4 rings (SSSR count). The topological polar surface area (TPSA) is 44.8 Å². The number of fused-ring (bicyclic) bond motifs is 1. The van der Waals surface area contributed by atoms with Gasteiger partial charge in [0.05, 0.1) is 18.2 Å². The molecule has 2 aliphatic rings. The lowest BCUT2D eigenvalue weighted by Gasteiger charge is -2.37. The number of anilines is 2. The number of benzene rings is 2. The summed E-state index contributed by atoms with van der Waals surface area (Å²) in [5.74, 6) is 1.03. The summed E-state index contributed by atoms with van der Waals surface area (Å²) < 4.78 is 5.76. The van der Waals surface area contributed by atoms with Crippen LogP contribution in [0.15, 0.2) is 48.5 Å². The van der Waals surface area contributed by atoms with Gasteiger partial charge in [-0.05, 0) is 30.3 Å². The van der Waals surface area contributed by atoms with Crippen molar-refractivity contribution in [3.8, 4) is 5.75 Å². The molecule has 1 amide bonds. The molecule has 1 saturated heterocycles. The molecule has 0 saturated carbocycles. The third-order valence-corrected chi connectivity index (χ3v) is 5.15. The third-order valence-electron chi connectivity index (χ3n) is 4.91. The first-order chi connectivity index (χ1) is 12.7. The fourth-order valence-electron chi connectivity index (χ4n) is 3.50. The Morgan fingerprint density at radius 1 is 1.12 bits per heavy atom. The number of hydrogen-bond donors (Lipinski definition) is 1. The highest BCUT2D eigenvalue weighted by atomic mass is 35.5. The van der Waals surface area contributed by atoms with Gasteiger partial charge in [0.2, 0.25) is 5.91 Å². The van der Waals surface area contributed by atoms with Crippen molar-refractivity contribution in [2.45, 2.75) is 12.5 Å². The molecule has 2 aromatic carbocycles. The van der Waals surface area contributed by atoms with E-state index in [0.717, 1.165) is 48.3 Å². The molecular weight excluding hydrogens is 350 g/mol. The number of nitrogens with zero attached hydrogens (tertiary/aromatic N) is 2. The normalized spacial score (nSPS) is 19.3. The lowest BCUT2D eigenvalue weighted by molar-refractivity contribution is -0.131. The molecule has 0 aliphatic carbocycles. The number of piperazine rings is 1. The van der Waals surface area contributed by atoms with E-state index < -0.39 is 0 Å². The summed E-state index contributed by atoms with van der Waals surface area (Å²) in [7, 11) is 0. The van der Waals surface area contributed by atoms with Gasteiger partial charge in [0.1, 0.15) is 12.4 Å². The van der Waals surface area contributed by atoms with E-state index in [2.05, 4.69) is 16.3 Å². The highest BCUT2D eigenvalue weighted by Crippen LogP contribution is 2.29. The molecule has 136 valence electrons. The second kappa shape index (κ2) is 7.46. The van der Waals surface area contributed by atoms with Crippen molar-refractivity contribution in [3.05, 3.63) is 53.6 Å². The van der Waals surface area contributed by atoms with Crippen LogP contribution in [0.3, 0.4) is 0 Å². The Labute approximate surface area is 158 Å². The van der Waals surface area contributed by atoms with Gasteiger partial charge in [-0.3, -0.25) is 4.79 Å². The lowest BCUT2D eigenvalue weighted by Crippen LogP contribution is -2.50. The van der Waals surface area contributed by atoms with E-state index in [1.54, 1.807) is 0 Å². The number of rotatable bonds is 3. The Morgan fingerprint density at radius 2 is 1.92 bits per heavy atom. The van der Waals surface area contributed by atoms with Gasteiger partial charge < -0.3 is 19.9 Å². The molecule has 1 N–H and O–H groups in total. The van der Waals surface area contributed by atoms with Crippen LogP contribution in [0.2, 0.25) is 5.02 Å². The number of hydrogen-bond acceptors (Lipinski definition) is 4. The number of carbonyl (C=O) groups excluding carboxylic acids is 1. The molecule has 26 heavy (non-hydrogen) atoms. The predicted molar refractivity (Wildman–Crippen MR) is 104 cm³/mol. The highest BCUT2D eigenvalue weighted by Gasteiger charge is 2.26. The summed E-state index contributed by atoms with van der Waals surface area (Å²) in [6.07, 6.45) is 0.450. The van der Waals surface area contributed by atoms with Gasteiger partial charge in [-0.25, -0.2) is 0 Å². The monoisotopic (exact) mass is 371 g/mol. The summed E-state index contributed by atoms with van der Waals surface area (Å²) in [5, 5.41) is 4.15. The van der Waals surface area contributed by atoms with Gasteiger partial charge in [0.25, 0.3) is 0 Å². The van der Waals surface area contributed by atoms with E-state index in [1.165, 1.54) is 0 Å². The van der Waals surface area contributed by atoms with Crippen molar-refractivity contribution in [2.24, 2.45) is 0 Å². The molecule has 2 aromatic rings. The fourth-order valence-corrected chi connectivity index (χ4v) is 3.68. The number of para-hydroxylation sites is 2. The zero-order chi connectivity index (χ0) is 17.9. The molecule has 6 heteroatoms. The van der Waals surface area contributed by atoms with Crippen molar-refractivity contribution in [1.82, 2.24) is 4.90 Å². The van der Waals surface area contributed by atoms with E-state index in [9.17, 15) is 4.79 Å². The van der Waals surface area contributed by atoms with Crippen molar-refractivity contribution in [1.29, 1.82) is 0 Å². The molecule has 1 fully saturated rings. The van der Waals surface area contributed by atoms with Gasteiger partial charge in [-0.2, -0.15) is 0 Å². The molecule has 1 atom stereocenters. The number of carbonyl (C=O) groups is 1. The van der Waals surface area contributed by atoms with Crippen molar-refractivity contribution in [3.63, 3.8) is 0 Å².